The minimum absolute atomic E-state index is 0.175. The summed E-state index contributed by atoms with van der Waals surface area (Å²) in [7, 11) is 2.92. The fourth-order valence-electron chi connectivity index (χ4n) is 1.97. The van der Waals surface area contributed by atoms with E-state index in [1.807, 2.05) is 25.1 Å². The summed E-state index contributed by atoms with van der Waals surface area (Å²) in [6, 6.07) is 5.58. The SMILES string of the molecule is COC1=C(OC)C(=S)c2cccc(C)c2C1=O. The molecule has 0 saturated carbocycles. The Morgan fingerprint density at radius 1 is 1.12 bits per heavy atom. The molecule has 2 rings (SSSR count). The third-order valence-electron chi connectivity index (χ3n) is 2.77. The standard InChI is InChI=1S/C13H12O3S/c1-7-5-4-6-8-9(7)10(14)11(15-2)12(16-3)13(8)17/h4-6H,1-3H3. The lowest BCUT2D eigenvalue weighted by Gasteiger charge is -2.21. The van der Waals surface area contributed by atoms with Crippen LogP contribution in [0.25, 0.3) is 0 Å². The number of aryl methyl sites for hydroxylation is 1. The molecule has 1 aliphatic rings. The molecule has 4 heteroatoms. The predicted molar refractivity (Wildman–Crippen MR) is 68.3 cm³/mol. The first kappa shape index (κ1) is 11.8. The number of methoxy groups -OCH3 is 2. The molecule has 0 unspecified atom stereocenters. The normalized spacial score (nSPS) is 14.8. The van der Waals surface area contributed by atoms with Crippen LogP contribution in [0.3, 0.4) is 0 Å². The molecule has 0 spiro atoms. The summed E-state index contributed by atoms with van der Waals surface area (Å²) < 4.78 is 10.3. The number of hydrogen-bond acceptors (Lipinski definition) is 4. The first-order valence-corrected chi connectivity index (χ1v) is 5.54. The number of allylic oxidation sites excluding steroid dienone is 2. The second-order valence-electron chi connectivity index (χ2n) is 3.72. The molecule has 0 saturated heterocycles. The average molecular weight is 248 g/mol. The van der Waals surface area contributed by atoms with Crippen molar-refractivity contribution in [1.82, 2.24) is 0 Å². The van der Waals surface area contributed by atoms with Gasteiger partial charge in [0.2, 0.25) is 11.5 Å². The Labute approximate surface area is 105 Å². The molecule has 88 valence electrons. The van der Waals surface area contributed by atoms with Crippen LogP contribution in [0.2, 0.25) is 0 Å². The highest BCUT2D eigenvalue weighted by atomic mass is 32.1. The number of rotatable bonds is 2. The van der Waals surface area contributed by atoms with Crippen LogP contribution in [-0.2, 0) is 9.47 Å². The number of thiocarbonyl (C=S) groups is 1. The quantitative estimate of drug-likeness (QED) is 0.753. The highest BCUT2D eigenvalue weighted by molar-refractivity contribution is 7.81. The molecule has 17 heavy (non-hydrogen) atoms. The average Bonchev–Trinajstić information content (AvgIpc) is 2.33. The number of hydrogen-bond donors (Lipinski definition) is 0. The van der Waals surface area contributed by atoms with Crippen LogP contribution in [0.15, 0.2) is 29.7 Å². The third kappa shape index (κ3) is 1.65. The van der Waals surface area contributed by atoms with Gasteiger partial charge in [-0.2, -0.15) is 0 Å². The van der Waals surface area contributed by atoms with Crippen LogP contribution < -0.4 is 0 Å². The number of carbonyl (C=O) groups is 1. The van der Waals surface area contributed by atoms with Crippen LogP contribution in [0.1, 0.15) is 21.5 Å². The Morgan fingerprint density at radius 2 is 1.76 bits per heavy atom. The topological polar surface area (TPSA) is 35.5 Å². The molecule has 0 fully saturated rings. The van der Waals surface area contributed by atoms with E-state index >= 15 is 0 Å². The molecule has 0 radical (unpaired) electrons. The molecule has 0 aromatic heterocycles. The molecule has 1 aromatic carbocycles. The molecule has 1 aromatic rings. The van der Waals surface area contributed by atoms with E-state index in [9.17, 15) is 4.79 Å². The van der Waals surface area contributed by atoms with Crippen molar-refractivity contribution < 1.29 is 14.3 Å². The Hall–Kier alpha value is -1.68. The van der Waals surface area contributed by atoms with Gasteiger partial charge in [0.25, 0.3) is 0 Å². The summed E-state index contributed by atoms with van der Waals surface area (Å²) in [6.45, 7) is 1.88. The molecule has 0 bridgehead atoms. The highest BCUT2D eigenvalue weighted by Crippen LogP contribution is 2.29. The van der Waals surface area contributed by atoms with Crippen molar-refractivity contribution in [3.05, 3.63) is 46.4 Å². The summed E-state index contributed by atoms with van der Waals surface area (Å²) in [5.41, 5.74) is 2.23. The Morgan fingerprint density at radius 3 is 2.35 bits per heavy atom. The van der Waals surface area contributed by atoms with E-state index in [0.29, 0.717) is 16.2 Å². The largest absolute Gasteiger partial charge is 0.491 e. The summed E-state index contributed by atoms with van der Waals surface area (Å²) in [6.07, 6.45) is 0. The number of benzene rings is 1. The van der Waals surface area contributed by atoms with Gasteiger partial charge in [0.15, 0.2) is 5.76 Å². The maximum atomic E-state index is 12.3. The molecule has 0 N–H and O–H groups in total. The van der Waals surface area contributed by atoms with Crippen LogP contribution in [-0.4, -0.2) is 24.9 Å². The van der Waals surface area contributed by atoms with Crippen molar-refractivity contribution >= 4 is 22.9 Å². The van der Waals surface area contributed by atoms with Crippen LogP contribution in [0, 0.1) is 6.92 Å². The molecular formula is C13H12O3S. The summed E-state index contributed by atoms with van der Waals surface area (Å²) in [4.78, 5) is 12.8. The van der Waals surface area contributed by atoms with Crippen molar-refractivity contribution in [2.75, 3.05) is 14.2 Å². The second-order valence-corrected chi connectivity index (χ2v) is 4.13. The molecule has 0 atom stereocenters. The fraction of sp³-hybridized carbons (Fsp3) is 0.231. The predicted octanol–water partition coefficient (Wildman–Crippen LogP) is 2.41. The minimum atomic E-state index is -0.175. The van der Waals surface area contributed by atoms with Gasteiger partial charge < -0.3 is 9.47 Å². The lowest BCUT2D eigenvalue weighted by Crippen LogP contribution is -2.24. The Bertz CT molecular complexity index is 544. The minimum Gasteiger partial charge on any atom is -0.491 e. The monoisotopic (exact) mass is 248 g/mol. The number of carbonyl (C=O) groups excluding carboxylic acids is 1. The van der Waals surface area contributed by atoms with E-state index < -0.39 is 0 Å². The van der Waals surface area contributed by atoms with E-state index in [0.717, 1.165) is 11.1 Å². The van der Waals surface area contributed by atoms with Crippen molar-refractivity contribution in [3.8, 4) is 0 Å². The van der Waals surface area contributed by atoms with Gasteiger partial charge in [0.1, 0.15) is 0 Å². The fourth-order valence-corrected chi connectivity index (χ4v) is 2.32. The highest BCUT2D eigenvalue weighted by Gasteiger charge is 2.32. The molecule has 1 aliphatic carbocycles. The van der Waals surface area contributed by atoms with Gasteiger partial charge in [-0.1, -0.05) is 30.4 Å². The second kappa shape index (κ2) is 4.30. The molecule has 0 heterocycles. The van der Waals surface area contributed by atoms with Gasteiger partial charge in [0, 0.05) is 11.1 Å². The third-order valence-corrected chi connectivity index (χ3v) is 3.18. The Kier molecular flexibility index (Phi) is 2.98. The van der Waals surface area contributed by atoms with Crippen LogP contribution in [0.4, 0.5) is 0 Å². The van der Waals surface area contributed by atoms with E-state index in [-0.39, 0.29) is 11.5 Å². The number of ether oxygens (including phenoxy) is 2. The van der Waals surface area contributed by atoms with Crippen molar-refractivity contribution in [2.24, 2.45) is 0 Å². The van der Waals surface area contributed by atoms with E-state index in [4.69, 9.17) is 21.7 Å². The van der Waals surface area contributed by atoms with E-state index in [1.54, 1.807) is 0 Å². The smallest absolute Gasteiger partial charge is 0.232 e. The molecule has 0 amide bonds. The zero-order valence-electron chi connectivity index (χ0n) is 9.87. The van der Waals surface area contributed by atoms with Gasteiger partial charge in [0.05, 0.1) is 19.1 Å². The van der Waals surface area contributed by atoms with Gasteiger partial charge in [-0.25, -0.2) is 0 Å². The van der Waals surface area contributed by atoms with Gasteiger partial charge in [-0.3, -0.25) is 4.79 Å². The lowest BCUT2D eigenvalue weighted by molar-refractivity contribution is 0.0931. The van der Waals surface area contributed by atoms with E-state index in [2.05, 4.69) is 0 Å². The Balaban J connectivity index is 2.73. The first-order chi connectivity index (χ1) is 8.11. The zero-order chi connectivity index (χ0) is 12.6. The van der Waals surface area contributed by atoms with Gasteiger partial charge >= 0.3 is 0 Å². The number of Topliss-reactive ketones (excluding diaryl/α,β-unsaturated/α-hetero) is 1. The maximum Gasteiger partial charge on any atom is 0.232 e. The van der Waals surface area contributed by atoms with Crippen LogP contribution in [0.5, 0.6) is 0 Å². The molecular weight excluding hydrogens is 236 g/mol. The lowest BCUT2D eigenvalue weighted by atomic mass is 9.90. The molecule has 3 nitrogen and oxygen atoms in total. The summed E-state index contributed by atoms with van der Waals surface area (Å²) in [5, 5.41) is 0. The number of fused-ring (bicyclic) bond motifs is 1. The van der Waals surface area contributed by atoms with Crippen LogP contribution >= 0.6 is 12.2 Å². The van der Waals surface area contributed by atoms with Gasteiger partial charge in [-0.05, 0) is 12.5 Å². The summed E-state index contributed by atoms with van der Waals surface area (Å²) in [5.74, 6) is 0.343. The van der Waals surface area contributed by atoms with Crippen molar-refractivity contribution in [3.63, 3.8) is 0 Å². The van der Waals surface area contributed by atoms with E-state index in [1.165, 1.54) is 14.2 Å². The van der Waals surface area contributed by atoms with Crippen molar-refractivity contribution in [2.45, 2.75) is 6.92 Å². The first-order valence-electron chi connectivity index (χ1n) is 5.13. The van der Waals surface area contributed by atoms with Gasteiger partial charge in [-0.15, -0.1) is 0 Å². The van der Waals surface area contributed by atoms with Crippen molar-refractivity contribution in [1.29, 1.82) is 0 Å². The maximum absolute atomic E-state index is 12.3. The number of ketones is 1. The molecule has 0 aliphatic heterocycles. The zero-order valence-corrected chi connectivity index (χ0v) is 10.7. The summed E-state index contributed by atoms with van der Waals surface area (Å²) >= 11 is 5.32.